The first-order valence-electron chi connectivity index (χ1n) is 6.97. The molecule has 4 nitrogen and oxygen atoms in total. The SMILES string of the molecule is CC[C@H](C)NC(=O)c1c(C)nn(-c2ccccc2)c1C. The van der Waals surface area contributed by atoms with Crippen LogP contribution in [0.3, 0.4) is 0 Å². The molecule has 1 amide bonds. The van der Waals surface area contributed by atoms with Crippen molar-refractivity contribution in [2.24, 2.45) is 0 Å². The van der Waals surface area contributed by atoms with E-state index >= 15 is 0 Å². The van der Waals surface area contributed by atoms with Gasteiger partial charge in [-0.3, -0.25) is 4.79 Å². The Morgan fingerprint density at radius 2 is 1.95 bits per heavy atom. The van der Waals surface area contributed by atoms with Crippen molar-refractivity contribution < 1.29 is 4.79 Å². The van der Waals surface area contributed by atoms with E-state index in [1.54, 1.807) is 0 Å². The maximum Gasteiger partial charge on any atom is 0.255 e. The molecule has 2 rings (SSSR count). The summed E-state index contributed by atoms with van der Waals surface area (Å²) in [5.41, 5.74) is 3.27. The highest BCUT2D eigenvalue weighted by Crippen LogP contribution is 2.17. The van der Waals surface area contributed by atoms with Gasteiger partial charge in [0.05, 0.1) is 22.6 Å². The van der Waals surface area contributed by atoms with E-state index < -0.39 is 0 Å². The van der Waals surface area contributed by atoms with Gasteiger partial charge in [-0.15, -0.1) is 0 Å². The fourth-order valence-electron chi connectivity index (χ4n) is 2.19. The van der Waals surface area contributed by atoms with Crippen LogP contribution >= 0.6 is 0 Å². The molecule has 1 aromatic carbocycles. The van der Waals surface area contributed by atoms with Crippen LogP contribution in [-0.2, 0) is 0 Å². The molecule has 0 aliphatic heterocycles. The number of carbonyl (C=O) groups excluding carboxylic acids is 1. The summed E-state index contributed by atoms with van der Waals surface area (Å²) in [4.78, 5) is 12.3. The Bertz CT molecular complexity index is 602. The van der Waals surface area contributed by atoms with Crippen LogP contribution in [0.15, 0.2) is 30.3 Å². The summed E-state index contributed by atoms with van der Waals surface area (Å²) in [6.45, 7) is 7.86. The molecule has 0 fully saturated rings. The Labute approximate surface area is 119 Å². The number of para-hydroxylation sites is 1. The molecule has 0 aliphatic rings. The molecule has 1 atom stereocenters. The van der Waals surface area contributed by atoms with Gasteiger partial charge in [-0.05, 0) is 39.3 Å². The molecule has 20 heavy (non-hydrogen) atoms. The Morgan fingerprint density at radius 3 is 2.55 bits per heavy atom. The second kappa shape index (κ2) is 5.90. The van der Waals surface area contributed by atoms with E-state index in [4.69, 9.17) is 0 Å². The van der Waals surface area contributed by atoms with Gasteiger partial charge in [-0.25, -0.2) is 4.68 Å². The number of carbonyl (C=O) groups is 1. The molecule has 106 valence electrons. The number of aromatic nitrogens is 2. The average Bonchev–Trinajstić information content (AvgIpc) is 2.74. The van der Waals surface area contributed by atoms with E-state index in [1.165, 1.54) is 0 Å². The first kappa shape index (κ1) is 14.3. The second-order valence-electron chi connectivity index (χ2n) is 5.08. The van der Waals surface area contributed by atoms with E-state index in [2.05, 4.69) is 17.3 Å². The van der Waals surface area contributed by atoms with Gasteiger partial charge in [-0.2, -0.15) is 5.10 Å². The lowest BCUT2D eigenvalue weighted by Crippen LogP contribution is -2.32. The molecule has 0 aliphatic carbocycles. The van der Waals surface area contributed by atoms with Gasteiger partial charge in [-0.1, -0.05) is 25.1 Å². The summed E-state index contributed by atoms with van der Waals surface area (Å²) in [5, 5.41) is 7.49. The summed E-state index contributed by atoms with van der Waals surface area (Å²) in [7, 11) is 0. The highest BCUT2D eigenvalue weighted by atomic mass is 16.1. The lowest BCUT2D eigenvalue weighted by atomic mass is 10.1. The number of rotatable bonds is 4. The lowest BCUT2D eigenvalue weighted by Gasteiger charge is -2.11. The third-order valence-corrected chi connectivity index (χ3v) is 3.51. The number of amides is 1. The summed E-state index contributed by atoms with van der Waals surface area (Å²) < 4.78 is 1.82. The average molecular weight is 271 g/mol. The Morgan fingerprint density at radius 1 is 1.30 bits per heavy atom. The Balaban J connectivity index is 2.37. The number of hydrogen-bond acceptors (Lipinski definition) is 2. The van der Waals surface area contributed by atoms with Crippen LogP contribution in [-0.4, -0.2) is 21.7 Å². The van der Waals surface area contributed by atoms with E-state index in [0.717, 1.165) is 23.5 Å². The van der Waals surface area contributed by atoms with Gasteiger partial charge in [0.2, 0.25) is 0 Å². The predicted octanol–water partition coefficient (Wildman–Crippen LogP) is 3.02. The molecule has 0 radical (unpaired) electrons. The topological polar surface area (TPSA) is 46.9 Å². The van der Waals surface area contributed by atoms with Crippen molar-refractivity contribution in [3.05, 3.63) is 47.3 Å². The molecule has 0 saturated heterocycles. The van der Waals surface area contributed by atoms with Crippen molar-refractivity contribution >= 4 is 5.91 Å². The van der Waals surface area contributed by atoms with E-state index in [-0.39, 0.29) is 11.9 Å². The number of aryl methyl sites for hydroxylation is 1. The fourth-order valence-corrected chi connectivity index (χ4v) is 2.19. The molecule has 1 aromatic heterocycles. The first-order chi connectivity index (χ1) is 9.54. The van der Waals surface area contributed by atoms with Crippen LogP contribution in [0.4, 0.5) is 0 Å². The standard InChI is InChI=1S/C16H21N3O/c1-5-11(2)17-16(20)15-12(3)18-19(13(15)4)14-9-7-6-8-10-14/h6-11H,5H2,1-4H3,(H,17,20)/t11-/m0/s1. The minimum atomic E-state index is -0.0449. The van der Waals surface area contributed by atoms with Crippen molar-refractivity contribution in [3.8, 4) is 5.69 Å². The summed E-state index contributed by atoms with van der Waals surface area (Å²) in [6.07, 6.45) is 0.913. The monoisotopic (exact) mass is 271 g/mol. The van der Waals surface area contributed by atoms with Crippen LogP contribution in [0.2, 0.25) is 0 Å². The Kier molecular flexibility index (Phi) is 4.23. The van der Waals surface area contributed by atoms with Crippen LogP contribution < -0.4 is 5.32 Å². The molecule has 2 aromatic rings. The van der Waals surface area contributed by atoms with Gasteiger partial charge in [0.1, 0.15) is 0 Å². The van der Waals surface area contributed by atoms with Crippen molar-refractivity contribution in [3.63, 3.8) is 0 Å². The predicted molar refractivity (Wildman–Crippen MR) is 80.3 cm³/mol. The highest BCUT2D eigenvalue weighted by Gasteiger charge is 2.20. The molecule has 1 N–H and O–H groups in total. The van der Waals surface area contributed by atoms with Crippen molar-refractivity contribution in [1.82, 2.24) is 15.1 Å². The largest absolute Gasteiger partial charge is 0.349 e. The molecule has 0 bridgehead atoms. The number of benzene rings is 1. The van der Waals surface area contributed by atoms with Crippen molar-refractivity contribution in [2.75, 3.05) is 0 Å². The second-order valence-corrected chi connectivity index (χ2v) is 5.08. The minimum absolute atomic E-state index is 0.0449. The van der Waals surface area contributed by atoms with Crippen LogP contribution in [0.1, 0.15) is 42.0 Å². The highest BCUT2D eigenvalue weighted by molar-refractivity contribution is 5.96. The van der Waals surface area contributed by atoms with E-state index in [9.17, 15) is 4.79 Å². The van der Waals surface area contributed by atoms with Gasteiger partial charge < -0.3 is 5.32 Å². The van der Waals surface area contributed by atoms with Crippen LogP contribution in [0.25, 0.3) is 5.69 Å². The summed E-state index contributed by atoms with van der Waals surface area (Å²) in [6, 6.07) is 10.0. The summed E-state index contributed by atoms with van der Waals surface area (Å²) in [5.74, 6) is -0.0449. The minimum Gasteiger partial charge on any atom is -0.349 e. The zero-order valence-electron chi connectivity index (χ0n) is 12.5. The fraction of sp³-hybridized carbons (Fsp3) is 0.375. The van der Waals surface area contributed by atoms with Gasteiger partial charge >= 0.3 is 0 Å². The molecule has 1 heterocycles. The molecule has 0 saturated carbocycles. The van der Waals surface area contributed by atoms with Gasteiger partial charge in [0.25, 0.3) is 5.91 Å². The molecular formula is C16H21N3O. The quantitative estimate of drug-likeness (QED) is 0.929. The summed E-state index contributed by atoms with van der Waals surface area (Å²) >= 11 is 0. The zero-order chi connectivity index (χ0) is 14.7. The smallest absolute Gasteiger partial charge is 0.255 e. The first-order valence-corrected chi connectivity index (χ1v) is 6.97. The third kappa shape index (κ3) is 2.74. The van der Waals surface area contributed by atoms with Crippen LogP contribution in [0.5, 0.6) is 0 Å². The molecular weight excluding hydrogens is 250 g/mol. The number of hydrogen-bond donors (Lipinski definition) is 1. The van der Waals surface area contributed by atoms with E-state index in [1.807, 2.05) is 55.8 Å². The van der Waals surface area contributed by atoms with Gasteiger partial charge in [0.15, 0.2) is 0 Å². The zero-order valence-corrected chi connectivity index (χ0v) is 12.5. The molecule has 0 unspecified atom stereocenters. The van der Waals surface area contributed by atoms with Crippen molar-refractivity contribution in [1.29, 1.82) is 0 Å². The van der Waals surface area contributed by atoms with Gasteiger partial charge in [0, 0.05) is 6.04 Å². The lowest BCUT2D eigenvalue weighted by molar-refractivity contribution is 0.0938. The van der Waals surface area contributed by atoms with Crippen LogP contribution in [0, 0.1) is 13.8 Å². The Hall–Kier alpha value is -2.10. The maximum absolute atomic E-state index is 12.3. The maximum atomic E-state index is 12.3. The molecule has 4 heteroatoms. The number of nitrogens with zero attached hydrogens (tertiary/aromatic N) is 2. The van der Waals surface area contributed by atoms with Crippen molar-refractivity contribution in [2.45, 2.75) is 40.2 Å². The molecule has 0 spiro atoms. The third-order valence-electron chi connectivity index (χ3n) is 3.51. The van der Waals surface area contributed by atoms with E-state index in [0.29, 0.717) is 5.56 Å². The normalized spacial score (nSPS) is 12.2. The number of nitrogens with one attached hydrogen (secondary N) is 1.